The van der Waals surface area contributed by atoms with Crippen molar-refractivity contribution in [2.24, 2.45) is 0 Å². The lowest BCUT2D eigenvalue weighted by Gasteiger charge is -2.33. The molecule has 0 bridgehead atoms. The fourth-order valence-electron chi connectivity index (χ4n) is 4.02. The van der Waals surface area contributed by atoms with Crippen LogP contribution in [0.4, 0.5) is 19.3 Å². The SMILES string of the molecule is COc1ccc2c(c1)[C@]1(SCCN1C(=O)NC(C)C)C(=O)N2Cc1ccc(F)c(F)c1. The zero-order valence-electron chi connectivity index (χ0n) is 17.4. The van der Waals surface area contributed by atoms with E-state index in [1.165, 1.54) is 29.8 Å². The van der Waals surface area contributed by atoms with E-state index in [2.05, 4.69) is 5.32 Å². The van der Waals surface area contributed by atoms with Crippen LogP contribution in [0.2, 0.25) is 0 Å². The van der Waals surface area contributed by atoms with Crippen LogP contribution in [0, 0.1) is 11.6 Å². The van der Waals surface area contributed by atoms with Gasteiger partial charge in [0, 0.05) is 23.9 Å². The maximum Gasteiger partial charge on any atom is 0.319 e. The molecule has 2 aliphatic heterocycles. The van der Waals surface area contributed by atoms with E-state index in [-0.39, 0.29) is 24.5 Å². The Hall–Kier alpha value is -2.81. The molecule has 1 spiro atoms. The van der Waals surface area contributed by atoms with Gasteiger partial charge in [0.1, 0.15) is 5.75 Å². The van der Waals surface area contributed by atoms with Gasteiger partial charge in [0.2, 0.25) is 0 Å². The summed E-state index contributed by atoms with van der Waals surface area (Å²) < 4.78 is 32.5. The van der Waals surface area contributed by atoms with Crippen molar-refractivity contribution in [3.05, 3.63) is 59.2 Å². The molecule has 2 aromatic rings. The number of carbonyl (C=O) groups excluding carboxylic acids is 2. The number of ether oxygens (including phenoxy) is 1. The van der Waals surface area contributed by atoms with Crippen molar-refractivity contribution in [2.45, 2.75) is 31.3 Å². The number of thioether (sulfide) groups is 1. The summed E-state index contributed by atoms with van der Waals surface area (Å²) in [6.07, 6.45) is 0. The van der Waals surface area contributed by atoms with Crippen LogP contribution in [-0.4, -0.2) is 42.3 Å². The van der Waals surface area contributed by atoms with Gasteiger partial charge in [-0.15, -0.1) is 11.8 Å². The molecular weight excluding hydrogens is 424 g/mol. The molecule has 0 unspecified atom stereocenters. The molecule has 1 atom stereocenters. The minimum atomic E-state index is -1.23. The second kappa shape index (κ2) is 8.03. The number of methoxy groups -OCH3 is 1. The number of hydrogen-bond donors (Lipinski definition) is 1. The molecule has 0 aromatic heterocycles. The van der Waals surface area contributed by atoms with Crippen LogP contribution < -0.4 is 15.0 Å². The minimum absolute atomic E-state index is 0.0529. The Morgan fingerprint density at radius 1 is 1.23 bits per heavy atom. The predicted octanol–water partition coefficient (Wildman–Crippen LogP) is 3.84. The number of rotatable bonds is 4. The van der Waals surface area contributed by atoms with E-state index in [0.717, 1.165) is 12.1 Å². The molecule has 3 amide bonds. The van der Waals surface area contributed by atoms with E-state index in [1.807, 2.05) is 13.8 Å². The molecule has 2 aliphatic rings. The molecule has 1 saturated heterocycles. The van der Waals surface area contributed by atoms with Crippen molar-refractivity contribution >= 4 is 29.4 Å². The standard InChI is InChI=1S/C22H23F2N3O3S/c1-13(2)25-21(29)27-8-9-31-22(27)16-11-15(30-3)5-7-19(16)26(20(22)28)12-14-4-6-17(23)18(24)10-14/h4-7,10-11,13H,8-9,12H2,1-3H3,(H,25,29)/t22-/m0/s1. The summed E-state index contributed by atoms with van der Waals surface area (Å²) in [5, 5.41) is 2.87. The minimum Gasteiger partial charge on any atom is -0.497 e. The van der Waals surface area contributed by atoms with Gasteiger partial charge in [-0.3, -0.25) is 9.69 Å². The van der Waals surface area contributed by atoms with Crippen molar-refractivity contribution in [1.29, 1.82) is 0 Å². The lowest BCUT2D eigenvalue weighted by molar-refractivity contribution is -0.123. The smallest absolute Gasteiger partial charge is 0.319 e. The van der Waals surface area contributed by atoms with Gasteiger partial charge >= 0.3 is 6.03 Å². The molecule has 0 aliphatic carbocycles. The number of halogens is 2. The van der Waals surface area contributed by atoms with Gasteiger partial charge in [0.15, 0.2) is 16.5 Å². The first kappa shape index (κ1) is 21.4. The first-order valence-electron chi connectivity index (χ1n) is 9.94. The molecule has 9 heteroatoms. The van der Waals surface area contributed by atoms with Crippen molar-refractivity contribution in [1.82, 2.24) is 10.2 Å². The Kier molecular flexibility index (Phi) is 5.55. The molecule has 6 nitrogen and oxygen atoms in total. The summed E-state index contributed by atoms with van der Waals surface area (Å²) in [5.74, 6) is -1.05. The van der Waals surface area contributed by atoms with Gasteiger partial charge in [-0.25, -0.2) is 13.6 Å². The highest BCUT2D eigenvalue weighted by molar-refractivity contribution is 8.01. The van der Waals surface area contributed by atoms with Gasteiger partial charge in [0.05, 0.1) is 19.3 Å². The molecular formula is C22H23F2N3O3S. The van der Waals surface area contributed by atoms with Crippen molar-refractivity contribution in [3.63, 3.8) is 0 Å². The molecule has 0 saturated carbocycles. The Labute approximate surface area is 183 Å². The fourth-order valence-corrected chi connectivity index (χ4v) is 5.48. The van der Waals surface area contributed by atoms with Gasteiger partial charge in [-0.05, 0) is 49.7 Å². The Balaban J connectivity index is 1.79. The second-order valence-corrected chi connectivity index (χ2v) is 9.06. The number of urea groups is 1. The molecule has 1 fully saturated rings. The fraction of sp³-hybridized carbons (Fsp3) is 0.364. The third-order valence-corrected chi connectivity index (χ3v) is 6.80. The van der Waals surface area contributed by atoms with Crippen LogP contribution in [0.5, 0.6) is 5.75 Å². The molecule has 164 valence electrons. The third-order valence-electron chi connectivity index (χ3n) is 5.38. The van der Waals surface area contributed by atoms with Crippen LogP contribution in [0.15, 0.2) is 36.4 Å². The lowest BCUT2D eigenvalue weighted by Crippen LogP contribution is -2.54. The molecule has 4 rings (SSSR count). The van der Waals surface area contributed by atoms with E-state index in [0.29, 0.717) is 34.9 Å². The van der Waals surface area contributed by atoms with Crippen LogP contribution in [0.25, 0.3) is 0 Å². The number of anilines is 1. The van der Waals surface area contributed by atoms with E-state index in [4.69, 9.17) is 4.74 Å². The number of nitrogens with zero attached hydrogens (tertiary/aromatic N) is 2. The van der Waals surface area contributed by atoms with Gasteiger partial charge in [-0.1, -0.05) is 6.07 Å². The summed E-state index contributed by atoms with van der Waals surface area (Å²) in [7, 11) is 1.54. The first-order chi connectivity index (χ1) is 14.8. The quantitative estimate of drug-likeness (QED) is 0.774. The maximum atomic E-state index is 13.8. The molecule has 0 radical (unpaired) electrons. The highest BCUT2D eigenvalue weighted by Gasteiger charge is 2.59. The number of amides is 3. The zero-order chi connectivity index (χ0) is 22.3. The molecule has 2 aromatic carbocycles. The average molecular weight is 448 g/mol. The number of nitrogens with one attached hydrogen (secondary N) is 1. The van der Waals surface area contributed by atoms with Gasteiger partial charge in [-0.2, -0.15) is 0 Å². The van der Waals surface area contributed by atoms with E-state index < -0.39 is 16.5 Å². The number of fused-ring (bicyclic) bond motifs is 2. The average Bonchev–Trinajstić information content (AvgIpc) is 3.27. The van der Waals surface area contributed by atoms with Crippen LogP contribution in [0.3, 0.4) is 0 Å². The Morgan fingerprint density at radius 3 is 2.68 bits per heavy atom. The monoisotopic (exact) mass is 447 g/mol. The van der Waals surface area contributed by atoms with Crippen LogP contribution >= 0.6 is 11.8 Å². The largest absolute Gasteiger partial charge is 0.497 e. The highest BCUT2D eigenvalue weighted by atomic mass is 32.2. The lowest BCUT2D eigenvalue weighted by atomic mass is 10.1. The number of hydrogen-bond acceptors (Lipinski definition) is 4. The van der Waals surface area contributed by atoms with Crippen molar-refractivity contribution in [2.75, 3.05) is 24.3 Å². The maximum absolute atomic E-state index is 13.8. The van der Waals surface area contributed by atoms with Gasteiger partial charge < -0.3 is 15.0 Å². The number of benzene rings is 2. The summed E-state index contributed by atoms with van der Waals surface area (Å²) in [5.41, 5.74) is 1.72. The topological polar surface area (TPSA) is 61.9 Å². The molecule has 2 heterocycles. The Morgan fingerprint density at radius 2 is 2.00 bits per heavy atom. The molecule has 31 heavy (non-hydrogen) atoms. The van der Waals surface area contributed by atoms with Gasteiger partial charge in [0.25, 0.3) is 5.91 Å². The second-order valence-electron chi connectivity index (χ2n) is 7.77. The van der Waals surface area contributed by atoms with Crippen LogP contribution in [-0.2, 0) is 16.2 Å². The summed E-state index contributed by atoms with van der Waals surface area (Å²) in [4.78, 5) is 28.6. The highest BCUT2D eigenvalue weighted by Crippen LogP contribution is 2.55. The normalized spacial score (nSPS) is 20.0. The van der Waals surface area contributed by atoms with Crippen molar-refractivity contribution < 1.29 is 23.1 Å². The Bertz CT molecular complexity index is 1050. The zero-order valence-corrected chi connectivity index (χ0v) is 18.3. The van der Waals surface area contributed by atoms with E-state index in [9.17, 15) is 18.4 Å². The van der Waals surface area contributed by atoms with E-state index >= 15 is 0 Å². The van der Waals surface area contributed by atoms with E-state index in [1.54, 1.807) is 23.1 Å². The predicted molar refractivity (Wildman–Crippen MR) is 115 cm³/mol. The summed E-state index contributed by atoms with van der Waals surface area (Å²) in [6.45, 7) is 4.18. The summed E-state index contributed by atoms with van der Waals surface area (Å²) in [6, 6.07) is 8.44. The number of carbonyl (C=O) groups is 2. The molecule has 1 N–H and O–H groups in total. The summed E-state index contributed by atoms with van der Waals surface area (Å²) >= 11 is 1.39. The van der Waals surface area contributed by atoms with Crippen LogP contribution in [0.1, 0.15) is 25.0 Å². The van der Waals surface area contributed by atoms with Crippen molar-refractivity contribution in [3.8, 4) is 5.75 Å². The third kappa shape index (κ3) is 3.50. The first-order valence-corrected chi connectivity index (χ1v) is 10.9.